The number of anilines is 1. The van der Waals surface area contributed by atoms with E-state index in [4.69, 9.17) is 4.74 Å². The van der Waals surface area contributed by atoms with Crippen molar-refractivity contribution in [3.8, 4) is 0 Å². The van der Waals surface area contributed by atoms with Crippen LogP contribution in [0.1, 0.15) is 31.3 Å². The zero-order valence-electron chi connectivity index (χ0n) is 14.0. The van der Waals surface area contributed by atoms with E-state index in [0.717, 1.165) is 4.68 Å². The summed E-state index contributed by atoms with van der Waals surface area (Å²) in [6.45, 7) is 2.95. The highest BCUT2D eigenvalue weighted by atomic mass is 19.4. The van der Waals surface area contributed by atoms with Crippen molar-refractivity contribution in [2.45, 2.75) is 31.8 Å². The molecule has 1 aliphatic rings. The Morgan fingerprint density at radius 3 is 2.62 bits per heavy atom. The summed E-state index contributed by atoms with van der Waals surface area (Å²) < 4.78 is 45.2. The number of ether oxygens (including phenoxy) is 1. The topological polar surface area (TPSA) is 89.3 Å². The van der Waals surface area contributed by atoms with Gasteiger partial charge in [-0.05, 0) is 19.4 Å². The third-order valence-electron chi connectivity index (χ3n) is 4.12. The molecule has 0 saturated carbocycles. The Labute approximate surface area is 146 Å². The highest BCUT2D eigenvalue weighted by Crippen LogP contribution is 2.42. The Balaban J connectivity index is 2.19. The Hall–Kier alpha value is -2.62. The predicted molar refractivity (Wildman–Crippen MR) is 84.0 cm³/mol. The maximum atomic E-state index is 13.1. The lowest BCUT2D eigenvalue weighted by Gasteiger charge is -2.41. The van der Waals surface area contributed by atoms with Gasteiger partial charge in [-0.2, -0.15) is 18.2 Å². The number of carbonyl (C=O) groups excluding carboxylic acids is 1. The Bertz CT molecular complexity index is 805. The second kappa shape index (κ2) is 6.27. The number of benzene rings is 1. The lowest BCUT2D eigenvalue weighted by atomic mass is 9.83. The van der Waals surface area contributed by atoms with E-state index in [9.17, 15) is 23.1 Å². The molecule has 2 N–H and O–H groups in total. The van der Waals surface area contributed by atoms with Crippen molar-refractivity contribution in [1.82, 2.24) is 14.8 Å². The van der Waals surface area contributed by atoms with Gasteiger partial charge in [-0.3, -0.25) is 4.79 Å². The van der Waals surface area contributed by atoms with Gasteiger partial charge in [-0.1, -0.05) is 30.3 Å². The molecule has 10 heteroatoms. The van der Waals surface area contributed by atoms with Crippen molar-refractivity contribution in [3.05, 3.63) is 41.7 Å². The average Bonchev–Trinajstić information content (AvgIpc) is 2.97. The Kier molecular flexibility index (Phi) is 4.39. The van der Waals surface area contributed by atoms with Crippen LogP contribution in [0.5, 0.6) is 0 Å². The molecule has 0 aliphatic carbocycles. The normalized spacial score (nSPS) is 25.3. The van der Waals surface area contributed by atoms with E-state index in [1.165, 1.54) is 6.92 Å². The van der Waals surface area contributed by atoms with E-state index in [1.807, 2.05) is 0 Å². The minimum Gasteiger partial charge on any atom is -0.466 e. The lowest BCUT2D eigenvalue weighted by molar-refractivity contribution is -0.159. The number of aromatic nitrogens is 3. The summed E-state index contributed by atoms with van der Waals surface area (Å²) in [6.07, 6.45) is -4.77. The van der Waals surface area contributed by atoms with Crippen LogP contribution < -0.4 is 5.32 Å². The number of esters is 1. The van der Waals surface area contributed by atoms with Gasteiger partial charge in [0.25, 0.3) is 5.82 Å². The minimum atomic E-state index is -4.77. The summed E-state index contributed by atoms with van der Waals surface area (Å²) in [5.74, 6) is -3.63. The molecule has 0 amide bonds. The minimum absolute atomic E-state index is 0.0605. The van der Waals surface area contributed by atoms with Crippen molar-refractivity contribution < 1.29 is 27.8 Å². The van der Waals surface area contributed by atoms with E-state index in [0.29, 0.717) is 5.56 Å². The fourth-order valence-electron chi connectivity index (χ4n) is 3.05. The molecule has 1 aliphatic heterocycles. The molecule has 2 heterocycles. The molecule has 1 aromatic carbocycles. The number of nitrogens with zero attached hydrogens (tertiary/aromatic N) is 3. The van der Waals surface area contributed by atoms with Crippen LogP contribution in [-0.2, 0) is 15.7 Å². The fraction of sp³-hybridized carbons (Fsp3) is 0.438. The number of carbonyl (C=O) groups is 1. The first-order valence-electron chi connectivity index (χ1n) is 7.91. The van der Waals surface area contributed by atoms with Gasteiger partial charge < -0.3 is 15.2 Å². The molecule has 26 heavy (non-hydrogen) atoms. The number of hydrogen-bond acceptors (Lipinski definition) is 6. The van der Waals surface area contributed by atoms with E-state index >= 15 is 0 Å². The molecule has 0 radical (unpaired) electrons. The number of hydrogen-bond donors (Lipinski definition) is 2. The summed E-state index contributed by atoms with van der Waals surface area (Å²) in [4.78, 5) is 15.9. The molecule has 0 bridgehead atoms. The molecule has 3 atom stereocenters. The van der Waals surface area contributed by atoms with Gasteiger partial charge in [-0.25, -0.2) is 4.68 Å². The Morgan fingerprint density at radius 1 is 1.38 bits per heavy atom. The zero-order chi connectivity index (χ0) is 19.1. The lowest BCUT2D eigenvalue weighted by Crippen LogP contribution is -2.55. The largest absolute Gasteiger partial charge is 0.466 e. The van der Waals surface area contributed by atoms with Crippen molar-refractivity contribution in [1.29, 1.82) is 0 Å². The molecule has 0 spiro atoms. The first kappa shape index (κ1) is 18.2. The van der Waals surface area contributed by atoms with E-state index in [-0.39, 0.29) is 12.6 Å². The summed E-state index contributed by atoms with van der Waals surface area (Å²) in [5.41, 5.74) is -1.40. The second-order valence-electron chi connectivity index (χ2n) is 6.06. The van der Waals surface area contributed by atoms with Gasteiger partial charge in [-0.15, -0.1) is 5.10 Å². The third-order valence-corrected chi connectivity index (χ3v) is 4.12. The molecule has 0 fully saturated rings. The highest BCUT2D eigenvalue weighted by Gasteiger charge is 2.52. The van der Waals surface area contributed by atoms with E-state index in [2.05, 4.69) is 15.4 Å². The molecule has 2 aromatic rings. The second-order valence-corrected chi connectivity index (χ2v) is 6.06. The summed E-state index contributed by atoms with van der Waals surface area (Å²) in [5, 5.41) is 16.7. The van der Waals surface area contributed by atoms with Crippen molar-refractivity contribution in [2.24, 2.45) is 5.92 Å². The fourth-order valence-corrected chi connectivity index (χ4v) is 3.05. The van der Waals surface area contributed by atoms with Gasteiger partial charge in [0.15, 0.2) is 5.72 Å². The van der Waals surface area contributed by atoms with Gasteiger partial charge in [0.05, 0.1) is 12.6 Å². The number of aliphatic hydroxyl groups is 1. The van der Waals surface area contributed by atoms with Gasteiger partial charge in [0.1, 0.15) is 5.92 Å². The van der Waals surface area contributed by atoms with Crippen LogP contribution in [0, 0.1) is 5.92 Å². The number of nitrogens with one attached hydrogen (secondary N) is 1. The molecule has 0 saturated heterocycles. The van der Waals surface area contributed by atoms with Gasteiger partial charge in [0, 0.05) is 0 Å². The molecule has 7 nitrogen and oxygen atoms in total. The first-order valence-corrected chi connectivity index (χ1v) is 7.91. The monoisotopic (exact) mass is 370 g/mol. The van der Waals surface area contributed by atoms with Crippen LogP contribution in [0.2, 0.25) is 0 Å². The maximum Gasteiger partial charge on any atom is 0.453 e. The first-order chi connectivity index (χ1) is 12.1. The van der Waals surface area contributed by atoms with Crippen LogP contribution in [0.15, 0.2) is 30.3 Å². The smallest absolute Gasteiger partial charge is 0.453 e. The number of fused-ring (bicyclic) bond motifs is 1. The quantitative estimate of drug-likeness (QED) is 0.806. The summed E-state index contributed by atoms with van der Waals surface area (Å²) >= 11 is 0. The van der Waals surface area contributed by atoms with Crippen LogP contribution in [0.4, 0.5) is 19.1 Å². The van der Waals surface area contributed by atoms with Gasteiger partial charge in [0.2, 0.25) is 5.95 Å². The SMILES string of the molecule is CCOC(=O)C1C(c2ccccc2)n2nc(C(F)(F)F)nc2NC1(C)O. The zero-order valence-corrected chi connectivity index (χ0v) is 14.0. The van der Waals surface area contributed by atoms with Crippen molar-refractivity contribution >= 4 is 11.9 Å². The summed E-state index contributed by atoms with van der Waals surface area (Å²) in [7, 11) is 0. The Morgan fingerprint density at radius 2 is 2.04 bits per heavy atom. The molecule has 3 unspecified atom stereocenters. The molecule has 140 valence electrons. The van der Waals surface area contributed by atoms with Crippen molar-refractivity contribution in [3.63, 3.8) is 0 Å². The third kappa shape index (κ3) is 3.12. The van der Waals surface area contributed by atoms with Crippen LogP contribution in [0.25, 0.3) is 0 Å². The maximum absolute atomic E-state index is 13.1. The average molecular weight is 370 g/mol. The molecular formula is C16H17F3N4O3. The molecule has 1 aromatic heterocycles. The van der Waals surface area contributed by atoms with E-state index in [1.54, 1.807) is 37.3 Å². The number of halogens is 3. The summed E-state index contributed by atoms with van der Waals surface area (Å²) in [6, 6.07) is 7.33. The molecular weight excluding hydrogens is 353 g/mol. The number of alkyl halides is 3. The van der Waals surface area contributed by atoms with Crippen LogP contribution >= 0.6 is 0 Å². The van der Waals surface area contributed by atoms with E-state index < -0.39 is 35.7 Å². The standard InChI is InChI=1S/C16H17F3N4O3/c1-3-26-12(24)10-11(9-7-5-4-6-8-9)23-14(21-15(10,2)25)20-13(22-23)16(17,18)19/h4-8,10-11,25H,3H2,1-2H3,(H,20,21,22). The highest BCUT2D eigenvalue weighted by molar-refractivity contribution is 5.76. The van der Waals surface area contributed by atoms with Gasteiger partial charge >= 0.3 is 12.1 Å². The molecule has 3 rings (SSSR count). The van der Waals surface area contributed by atoms with Crippen molar-refractivity contribution in [2.75, 3.05) is 11.9 Å². The number of rotatable bonds is 3. The predicted octanol–water partition coefficient (Wildman–Crippen LogP) is 2.20. The van der Waals surface area contributed by atoms with Crippen LogP contribution in [-0.4, -0.2) is 38.2 Å². The van der Waals surface area contributed by atoms with Crippen LogP contribution in [0.3, 0.4) is 0 Å².